The molecular weight excluding hydrogens is 308 g/mol. The van der Waals surface area contributed by atoms with E-state index in [4.69, 9.17) is 11.6 Å². The summed E-state index contributed by atoms with van der Waals surface area (Å²) in [5.41, 5.74) is 2.50. The van der Waals surface area contributed by atoms with Gasteiger partial charge in [-0.15, -0.1) is 0 Å². The lowest BCUT2D eigenvalue weighted by molar-refractivity contribution is 0.0881. The van der Waals surface area contributed by atoms with E-state index in [1.54, 1.807) is 0 Å². The molecule has 0 bridgehead atoms. The zero-order valence-electron chi connectivity index (χ0n) is 13.5. The third-order valence-corrected chi connectivity index (χ3v) is 4.66. The average Bonchev–Trinajstić information content (AvgIpc) is 2.53. The minimum atomic E-state index is -0.389. The average molecular weight is 329 g/mol. The Hall–Kier alpha value is -2.00. The van der Waals surface area contributed by atoms with Gasteiger partial charge >= 0.3 is 0 Å². The fourth-order valence-corrected chi connectivity index (χ4v) is 3.39. The predicted octanol–water partition coefficient (Wildman–Crippen LogP) is 4.61. The van der Waals surface area contributed by atoms with E-state index >= 15 is 0 Å². The van der Waals surface area contributed by atoms with Crippen molar-refractivity contribution in [1.82, 2.24) is 5.32 Å². The molecule has 3 nitrogen and oxygen atoms in total. The first-order chi connectivity index (χ1) is 11.0. The van der Waals surface area contributed by atoms with Crippen molar-refractivity contribution in [3.8, 4) is 0 Å². The molecule has 1 aliphatic rings. The second-order valence-electron chi connectivity index (χ2n) is 6.21. The van der Waals surface area contributed by atoms with Crippen molar-refractivity contribution in [2.24, 2.45) is 0 Å². The van der Waals surface area contributed by atoms with Gasteiger partial charge < -0.3 is 10.2 Å². The summed E-state index contributed by atoms with van der Waals surface area (Å²) >= 11 is 5.99. The number of nitrogens with one attached hydrogen (secondary N) is 1. The van der Waals surface area contributed by atoms with Crippen LogP contribution in [0.1, 0.15) is 42.6 Å². The van der Waals surface area contributed by atoms with Crippen molar-refractivity contribution >= 4 is 23.2 Å². The van der Waals surface area contributed by atoms with Crippen LogP contribution in [0.4, 0.5) is 5.69 Å². The Kier molecular flexibility index (Phi) is 4.31. The molecule has 0 aromatic heterocycles. The zero-order valence-corrected chi connectivity index (χ0v) is 14.2. The van der Waals surface area contributed by atoms with Gasteiger partial charge in [0.1, 0.15) is 5.66 Å². The summed E-state index contributed by atoms with van der Waals surface area (Å²) in [6.07, 6.45) is 1.89. The normalized spacial score (nSPS) is 20.1. The molecule has 1 unspecified atom stereocenters. The summed E-state index contributed by atoms with van der Waals surface area (Å²) in [6.45, 7) is 4.96. The Morgan fingerprint density at radius 3 is 2.52 bits per heavy atom. The summed E-state index contributed by atoms with van der Waals surface area (Å²) in [6, 6.07) is 15.7. The third kappa shape index (κ3) is 3.06. The SMILES string of the molecule is CCCC1(C)NC(=O)c2ccccc2N1Cc1ccc(Cl)cc1. The first-order valence-electron chi connectivity index (χ1n) is 7.97. The fourth-order valence-electron chi connectivity index (χ4n) is 3.26. The zero-order chi connectivity index (χ0) is 16.4. The van der Waals surface area contributed by atoms with E-state index in [1.807, 2.05) is 48.5 Å². The molecule has 0 radical (unpaired) electrons. The van der Waals surface area contributed by atoms with Crippen LogP contribution in [0.25, 0.3) is 0 Å². The van der Waals surface area contributed by atoms with Crippen LogP contribution in [-0.2, 0) is 6.54 Å². The molecule has 0 fully saturated rings. The topological polar surface area (TPSA) is 32.3 Å². The number of rotatable bonds is 4. The van der Waals surface area contributed by atoms with Gasteiger partial charge in [-0.1, -0.05) is 49.2 Å². The molecule has 2 aromatic carbocycles. The summed E-state index contributed by atoms with van der Waals surface area (Å²) < 4.78 is 0. The maximum absolute atomic E-state index is 12.5. The summed E-state index contributed by atoms with van der Waals surface area (Å²) in [5.74, 6) is 0.00362. The molecule has 0 spiro atoms. The van der Waals surface area contributed by atoms with E-state index in [2.05, 4.69) is 24.1 Å². The number of fused-ring (bicyclic) bond motifs is 1. The Balaban J connectivity index is 2.02. The maximum atomic E-state index is 12.5. The Labute approximate surface area is 142 Å². The highest BCUT2D eigenvalue weighted by Gasteiger charge is 2.39. The van der Waals surface area contributed by atoms with E-state index in [0.29, 0.717) is 0 Å². The number of anilines is 1. The molecule has 3 rings (SSSR count). The van der Waals surface area contributed by atoms with Crippen LogP contribution in [0.3, 0.4) is 0 Å². The van der Waals surface area contributed by atoms with Gasteiger partial charge in [-0.05, 0) is 43.2 Å². The Morgan fingerprint density at radius 2 is 1.83 bits per heavy atom. The molecule has 2 aromatic rings. The van der Waals surface area contributed by atoms with Crippen molar-refractivity contribution in [2.75, 3.05) is 4.90 Å². The molecule has 1 amide bonds. The number of halogens is 1. The number of benzene rings is 2. The highest BCUT2D eigenvalue weighted by atomic mass is 35.5. The van der Waals surface area contributed by atoms with Crippen LogP contribution in [0.15, 0.2) is 48.5 Å². The molecule has 0 aliphatic carbocycles. The van der Waals surface area contributed by atoms with Gasteiger partial charge in [0.25, 0.3) is 5.91 Å². The second-order valence-corrected chi connectivity index (χ2v) is 6.64. The van der Waals surface area contributed by atoms with E-state index in [9.17, 15) is 4.79 Å². The minimum Gasteiger partial charge on any atom is -0.344 e. The smallest absolute Gasteiger partial charge is 0.255 e. The highest BCUT2D eigenvalue weighted by Crippen LogP contribution is 2.35. The van der Waals surface area contributed by atoms with E-state index < -0.39 is 0 Å². The van der Waals surface area contributed by atoms with Gasteiger partial charge in [-0.3, -0.25) is 4.79 Å². The Bertz CT molecular complexity index is 714. The Morgan fingerprint density at radius 1 is 1.13 bits per heavy atom. The van der Waals surface area contributed by atoms with Gasteiger partial charge in [-0.2, -0.15) is 0 Å². The molecule has 0 saturated carbocycles. The van der Waals surface area contributed by atoms with Crippen LogP contribution in [0.2, 0.25) is 5.02 Å². The monoisotopic (exact) mass is 328 g/mol. The van der Waals surface area contributed by atoms with Crippen molar-refractivity contribution in [1.29, 1.82) is 0 Å². The third-order valence-electron chi connectivity index (χ3n) is 4.41. The lowest BCUT2D eigenvalue weighted by Gasteiger charge is -2.47. The van der Waals surface area contributed by atoms with Crippen LogP contribution < -0.4 is 10.2 Å². The molecule has 1 aliphatic heterocycles. The van der Waals surface area contributed by atoms with Gasteiger partial charge in [0.15, 0.2) is 0 Å². The number of amides is 1. The number of nitrogens with zero attached hydrogens (tertiary/aromatic N) is 1. The van der Waals surface area contributed by atoms with Crippen molar-refractivity contribution in [3.05, 3.63) is 64.7 Å². The lowest BCUT2D eigenvalue weighted by atomic mass is 9.95. The van der Waals surface area contributed by atoms with Gasteiger partial charge in [0, 0.05) is 11.6 Å². The van der Waals surface area contributed by atoms with Gasteiger partial charge in [-0.25, -0.2) is 0 Å². The molecule has 4 heteroatoms. The van der Waals surface area contributed by atoms with Crippen molar-refractivity contribution in [2.45, 2.75) is 38.9 Å². The first-order valence-corrected chi connectivity index (χ1v) is 8.35. The highest BCUT2D eigenvalue weighted by molar-refractivity contribution is 6.30. The van der Waals surface area contributed by atoms with Crippen LogP contribution in [0, 0.1) is 0 Å². The standard InChI is InChI=1S/C19H21ClN2O/c1-3-12-19(2)21-18(23)16-6-4-5-7-17(16)22(19)13-14-8-10-15(20)11-9-14/h4-11H,3,12-13H2,1-2H3,(H,21,23). The van der Waals surface area contributed by atoms with Crippen LogP contribution in [-0.4, -0.2) is 11.6 Å². The second kappa shape index (κ2) is 6.25. The molecule has 0 saturated heterocycles. The molecule has 1 N–H and O–H groups in total. The van der Waals surface area contributed by atoms with E-state index in [1.165, 1.54) is 5.56 Å². The van der Waals surface area contributed by atoms with Gasteiger partial charge in [0.05, 0.1) is 11.3 Å². The van der Waals surface area contributed by atoms with Crippen molar-refractivity contribution in [3.63, 3.8) is 0 Å². The van der Waals surface area contributed by atoms with Crippen molar-refractivity contribution < 1.29 is 4.79 Å². The van der Waals surface area contributed by atoms with Crippen LogP contribution >= 0.6 is 11.6 Å². The number of hydrogen-bond donors (Lipinski definition) is 1. The first kappa shape index (κ1) is 15.9. The predicted molar refractivity (Wildman–Crippen MR) is 94.9 cm³/mol. The largest absolute Gasteiger partial charge is 0.344 e. The lowest BCUT2D eigenvalue weighted by Crippen LogP contribution is -2.62. The minimum absolute atomic E-state index is 0.00362. The summed E-state index contributed by atoms with van der Waals surface area (Å²) in [7, 11) is 0. The number of hydrogen-bond acceptors (Lipinski definition) is 2. The number of carbonyl (C=O) groups is 1. The number of para-hydroxylation sites is 1. The molecule has 1 heterocycles. The quantitative estimate of drug-likeness (QED) is 0.889. The fraction of sp³-hybridized carbons (Fsp3) is 0.316. The van der Waals surface area contributed by atoms with E-state index in [0.717, 1.165) is 35.7 Å². The summed E-state index contributed by atoms with van der Waals surface area (Å²) in [4.78, 5) is 14.8. The molecule has 120 valence electrons. The molecular formula is C19H21ClN2O. The van der Waals surface area contributed by atoms with Gasteiger partial charge in [0.2, 0.25) is 0 Å². The van der Waals surface area contributed by atoms with E-state index in [-0.39, 0.29) is 11.6 Å². The summed E-state index contributed by atoms with van der Waals surface area (Å²) in [5, 5.41) is 3.93. The number of carbonyl (C=O) groups excluding carboxylic acids is 1. The molecule has 23 heavy (non-hydrogen) atoms. The molecule has 1 atom stereocenters. The maximum Gasteiger partial charge on any atom is 0.255 e. The van der Waals surface area contributed by atoms with Crippen LogP contribution in [0.5, 0.6) is 0 Å².